The van der Waals surface area contributed by atoms with Crippen LogP contribution in [0.15, 0.2) is 24.0 Å². The molecule has 0 amide bonds. The van der Waals surface area contributed by atoms with E-state index in [1.54, 1.807) is 17.5 Å². The standard InChI is InChI=1S/C14H18F3N5S/c1-11-8-20(5-6-22(11)13-19-3-7-23-13)9-12-18-2-4-21(12)10-14(15,16)17/h2-4,7,11H,5-6,8-10H2,1H3/t11-/m0/s1. The van der Waals surface area contributed by atoms with E-state index in [0.717, 1.165) is 24.8 Å². The summed E-state index contributed by atoms with van der Waals surface area (Å²) in [6.07, 6.45) is 0.369. The molecule has 3 rings (SSSR count). The molecule has 0 saturated carbocycles. The van der Waals surface area contributed by atoms with Crippen LogP contribution in [-0.2, 0) is 13.1 Å². The summed E-state index contributed by atoms with van der Waals surface area (Å²) in [5.41, 5.74) is 0. The number of piperazine rings is 1. The number of anilines is 1. The van der Waals surface area contributed by atoms with Gasteiger partial charge in [0.15, 0.2) is 5.13 Å². The van der Waals surface area contributed by atoms with Crippen LogP contribution in [0.3, 0.4) is 0 Å². The Hall–Kier alpha value is -1.61. The van der Waals surface area contributed by atoms with Crippen LogP contribution in [0.25, 0.3) is 0 Å². The normalized spacial score (nSPS) is 20.2. The average Bonchev–Trinajstić information content (AvgIpc) is 3.10. The lowest BCUT2D eigenvalue weighted by Gasteiger charge is -2.39. The van der Waals surface area contributed by atoms with Crippen molar-refractivity contribution >= 4 is 16.5 Å². The van der Waals surface area contributed by atoms with Crippen LogP contribution in [0, 0.1) is 0 Å². The number of hydrogen-bond donors (Lipinski definition) is 0. The summed E-state index contributed by atoms with van der Waals surface area (Å²) in [6, 6.07) is 0.265. The smallest absolute Gasteiger partial charge is 0.343 e. The Balaban J connectivity index is 1.61. The zero-order chi connectivity index (χ0) is 16.4. The van der Waals surface area contributed by atoms with Gasteiger partial charge in [-0.25, -0.2) is 9.97 Å². The molecule has 0 aliphatic carbocycles. The first-order chi connectivity index (χ1) is 10.9. The van der Waals surface area contributed by atoms with Gasteiger partial charge in [-0.05, 0) is 6.92 Å². The topological polar surface area (TPSA) is 37.2 Å². The van der Waals surface area contributed by atoms with Gasteiger partial charge < -0.3 is 9.47 Å². The Bertz CT molecular complexity index is 625. The Morgan fingerprint density at radius 2 is 2.09 bits per heavy atom. The molecule has 1 aliphatic rings. The molecule has 1 saturated heterocycles. The minimum atomic E-state index is -4.23. The molecular formula is C14H18F3N5S. The molecule has 0 bridgehead atoms. The van der Waals surface area contributed by atoms with Crippen LogP contribution in [0.2, 0.25) is 0 Å². The summed E-state index contributed by atoms with van der Waals surface area (Å²) in [5, 5.41) is 2.94. The van der Waals surface area contributed by atoms with E-state index in [1.807, 2.05) is 5.38 Å². The van der Waals surface area contributed by atoms with Crippen LogP contribution in [0.5, 0.6) is 0 Å². The molecule has 0 unspecified atom stereocenters. The largest absolute Gasteiger partial charge is 0.406 e. The van der Waals surface area contributed by atoms with Crippen LogP contribution in [0.4, 0.5) is 18.3 Å². The number of halogens is 3. The van der Waals surface area contributed by atoms with Crippen molar-refractivity contribution < 1.29 is 13.2 Å². The summed E-state index contributed by atoms with van der Waals surface area (Å²) in [5.74, 6) is 0.456. The number of thiazole rings is 1. The van der Waals surface area contributed by atoms with Crippen molar-refractivity contribution in [3.8, 4) is 0 Å². The van der Waals surface area contributed by atoms with Gasteiger partial charge in [-0.1, -0.05) is 0 Å². The monoisotopic (exact) mass is 345 g/mol. The van der Waals surface area contributed by atoms with Gasteiger partial charge in [-0.3, -0.25) is 4.90 Å². The van der Waals surface area contributed by atoms with E-state index in [1.165, 1.54) is 17.0 Å². The minimum absolute atomic E-state index is 0.265. The van der Waals surface area contributed by atoms with Crippen LogP contribution < -0.4 is 4.90 Å². The molecule has 1 atom stereocenters. The lowest BCUT2D eigenvalue weighted by atomic mass is 10.2. The second-order valence-corrected chi connectivity index (χ2v) is 6.55. The highest BCUT2D eigenvalue weighted by molar-refractivity contribution is 7.13. The summed E-state index contributed by atoms with van der Waals surface area (Å²) in [4.78, 5) is 12.8. The molecule has 1 fully saturated rings. The maximum absolute atomic E-state index is 12.6. The number of rotatable bonds is 4. The van der Waals surface area contributed by atoms with Gasteiger partial charge in [0.1, 0.15) is 12.4 Å². The van der Waals surface area contributed by atoms with Gasteiger partial charge in [0.2, 0.25) is 0 Å². The molecule has 126 valence electrons. The maximum Gasteiger partial charge on any atom is 0.406 e. The number of hydrogen-bond acceptors (Lipinski definition) is 5. The van der Waals surface area contributed by atoms with E-state index in [2.05, 4.69) is 26.7 Å². The van der Waals surface area contributed by atoms with Crippen molar-refractivity contribution in [3.63, 3.8) is 0 Å². The zero-order valence-electron chi connectivity index (χ0n) is 12.7. The van der Waals surface area contributed by atoms with Crippen LogP contribution in [-0.4, -0.2) is 51.3 Å². The molecule has 3 heterocycles. The number of imidazole rings is 1. The van der Waals surface area contributed by atoms with E-state index in [0.29, 0.717) is 12.4 Å². The third kappa shape index (κ3) is 4.03. The Morgan fingerprint density at radius 1 is 1.26 bits per heavy atom. The third-order valence-electron chi connectivity index (χ3n) is 3.89. The van der Waals surface area contributed by atoms with E-state index >= 15 is 0 Å². The second-order valence-electron chi connectivity index (χ2n) is 5.68. The first-order valence-corrected chi connectivity index (χ1v) is 8.25. The Morgan fingerprint density at radius 3 is 2.74 bits per heavy atom. The van der Waals surface area contributed by atoms with E-state index in [9.17, 15) is 13.2 Å². The molecule has 0 radical (unpaired) electrons. The predicted octanol–water partition coefficient (Wildman–Crippen LogP) is 2.61. The summed E-state index contributed by atoms with van der Waals surface area (Å²) >= 11 is 1.60. The SMILES string of the molecule is C[C@H]1CN(Cc2nccn2CC(F)(F)F)CCN1c1nccs1. The van der Waals surface area contributed by atoms with E-state index in [-0.39, 0.29) is 6.04 Å². The first-order valence-electron chi connectivity index (χ1n) is 7.37. The van der Waals surface area contributed by atoms with Crippen molar-refractivity contribution in [2.45, 2.75) is 32.2 Å². The third-order valence-corrected chi connectivity index (χ3v) is 4.70. The van der Waals surface area contributed by atoms with Crippen molar-refractivity contribution in [2.75, 3.05) is 24.5 Å². The molecule has 0 aromatic carbocycles. The molecule has 9 heteroatoms. The summed E-state index contributed by atoms with van der Waals surface area (Å²) in [7, 11) is 0. The Kier molecular flexibility index (Phi) is 4.58. The molecule has 0 N–H and O–H groups in total. The van der Waals surface area contributed by atoms with Crippen molar-refractivity contribution in [2.24, 2.45) is 0 Å². The fourth-order valence-electron chi connectivity index (χ4n) is 2.85. The average molecular weight is 345 g/mol. The zero-order valence-corrected chi connectivity index (χ0v) is 13.5. The van der Waals surface area contributed by atoms with Gasteiger partial charge in [-0.15, -0.1) is 11.3 Å². The van der Waals surface area contributed by atoms with Gasteiger partial charge in [0.25, 0.3) is 0 Å². The highest BCUT2D eigenvalue weighted by Crippen LogP contribution is 2.24. The lowest BCUT2D eigenvalue weighted by molar-refractivity contribution is -0.141. The Labute approximate surface area is 136 Å². The van der Waals surface area contributed by atoms with Gasteiger partial charge >= 0.3 is 6.18 Å². The lowest BCUT2D eigenvalue weighted by Crippen LogP contribution is -2.51. The van der Waals surface area contributed by atoms with Crippen LogP contribution >= 0.6 is 11.3 Å². The fraction of sp³-hybridized carbons (Fsp3) is 0.571. The summed E-state index contributed by atoms with van der Waals surface area (Å²) in [6.45, 7) is 3.92. The number of alkyl halides is 3. The minimum Gasteiger partial charge on any atom is -0.343 e. The fourth-order valence-corrected chi connectivity index (χ4v) is 3.62. The molecule has 23 heavy (non-hydrogen) atoms. The molecule has 2 aromatic heterocycles. The quantitative estimate of drug-likeness (QED) is 0.854. The van der Waals surface area contributed by atoms with Gasteiger partial charge in [0.05, 0.1) is 6.54 Å². The van der Waals surface area contributed by atoms with Crippen molar-refractivity contribution in [1.82, 2.24) is 19.4 Å². The van der Waals surface area contributed by atoms with Crippen LogP contribution in [0.1, 0.15) is 12.7 Å². The molecule has 0 spiro atoms. The van der Waals surface area contributed by atoms with Gasteiger partial charge in [0, 0.05) is 49.6 Å². The van der Waals surface area contributed by atoms with Gasteiger partial charge in [-0.2, -0.15) is 13.2 Å². The molecule has 2 aromatic rings. The van der Waals surface area contributed by atoms with Crippen molar-refractivity contribution in [3.05, 3.63) is 29.8 Å². The highest BCUT2D eigenvalue weighted by atomic mass is 32.1. The highest BCUT2D eigenvalue weighted by Gasteiger charge is 2.30. The first kappa shape index (κ1) is 16.3. The summed E-state index contributed by atoms with van der Waals surface area (Å²) < 4.78 is 38.9. The molecule has 1 aliphatic heterocycles. The number of nitrogens with zero attached hydrogens (tertiary/aromatic N) is 5. The van der Waals surface area contributed by atoms with E-state index in [4.69, 9.17) is 0 Å². The second kappa shape index (κ2) is 6.48. The predicted molar refractivity (Wildman–Crippen MR) is 82.5 cm³/mol. The maximum atomic E-state index is 12.6. The molecule has 5 nitrogen and oxygen atoms in total. The van der Waals surface area contributed by atoms with Crippen molar-refractivity contribution in [1.29, 1.82) is 0 Å². The number of aromatic nitrogens is 3. The van der Waals surface area contributed by atoms with E-state index < -0.39 is 12.7 Å². The molecular weight excluding hydrogens is 327 g/mol.